The van der Waals surface area contributed by atoms with Crippen LogP contribution in [0.3, 0.4) is 0 Å². The standard InChI is InChI=1S/C22H30N2O2S/c1-18-13-15-20(16-14-18)27(25,26)24-22-12-6-5-11-21(22)23-17-7-10-19-8-3-2-4-9-19/h2-4,8-9,13-16,21-24H,5-7,10-12,17H2,1H3. The summed E-state index contributed by atoms with van der Waals surface area (Å²) in [4.78, 5) is 0.349. The second kappa shape index (κ2) is 9.49. The van der Waals surface area contributed by atoms with Crippen LogP contribution < -0.4 is 10.0 Å². The van der Waals surface area contributed by atoms with Gasteiger partial charge in [0.1, 0.15) is 0 Å². The molecule has 1 aliphatic carbocycles. The van der Waals surface area contributed by atoms with E-state index in [0.717, 1.165) is 50.6 Å². The van der Waals surface area contributed by atoms with E-state index in [1.165, 1.54) is 5.56 Å². The average molecular weight is 387 g/mol. The Morgan fingerprint density at radius 3 is 2.30 bits per heavy atom. The van der Waals surface area contributed by atoms with Crippen LogP contribution in [0.25, 0.3) is 0 Å². The number of rotatable bonds is 8. The van der Waals surface area contributed by atoms with Crippen LogP contribution in [0, 0.1) is 6.92 Å². The van der Waals surface area contributed by atoms with Crippen molar-refractivity contribution >= 4 is 10.0 Å². The van der Waals surface area contributed by atoms with Gasteiger partial charge >= 0.3 is 0 Å². The molecule has 0 radical (unpaired) electrons. The van der Waals surface area contributed by atoms with Gasteiger partial charge in [0.2, 0.25) is 10.0 Å². The van der Waals surface area contributed by atoms with E-state index in [9.17, 15) is 8.42 Å². The highest BCUT2D eigenvalue weighted by Crippen LogP contribution is 2.21. The molecular weight excluding hydrogens is 356 g/mol. The Morgan fingerprint density at radius 2 is 1.59 bits per heavy atom. The Kier molecular flexibility index (Phi) is 7.05. The van der Waals surface area contributed by atoms with E-state index >= 15 is 0 Å². The van der Waals surface area contributed by atoms with E-state index in [0.29, 0.717) is 4.90 Å². The zero-order chi connectivity index (χ0) is 19.1. The molecule has 2 N–H and O–H groups in total. The van der Waals surface area contributed by atoms with Crippen molar-refractivity contribution in [3.63, 3.8) is 0 Å². The van der Waals surface area contributed by atoms with E-state index in [2.05, 4.69) is 34.3 Å². The highest BCUT2D eigenvalue weighted by Gasteiger charge is 2.29. The summed E-state index contributed by atoms with van der Waals surface area (Å²) in [7, 11) is -3.47. The monoisotopic (exact) mass is 386 g/mol. The number of hydrogen-bond acceptors (Lipinski definition) is 3. The lowest BCUT2D eigenvalue weighted by Crippen LogP contribution is -2.51. The first-order valence-corrected chi connectivity index (χ1v) is 11.4. The van der Waals surface area contributed by atoms with E-state index < -0.39 is 10.0 Å². The van der Waals surface area contributed by atoms with Crippen molar-refractivity contribution in [2.45, 2.75) is 62.4 Å². The lowest BCUT2D eigenvalue weighted by atomic mass is 9.91. The molecule has 3 rings (SSSR count). The first-order valence-electron chi connectivity index (χ1n) is 9.91. The molecule has 2 aromatic rings. The van der Waals surface area contributed by atoms with E-state index in [1.54, 1.807) is 12.1 Å². The minimum atomic E-state index is -3.47. The molecule has 2 unspecified atom stereocenters. The van der Waals surface area contributed by atoms with Crippen molar-refractivity contribution in [1.82, 2.24) is 10.0 Å². The molecule has 1 aliphatic rings. The third kappa shape index (κ3) is 5.89. The van der Waals surface area contributed by atoms with E-state index in [4.69, 9.17) is 0 Å². The maximum absolute atomic E-state index is 12.7. The molecule has 4 nitrogen and oxygen atoms in total. The molecule has 0 bridgehead atoms. The Balaban J connectivity index is 1.54. The molecular formula is C22H30N2O2S. The SMILES string of the molecule is Cc1ccc(S(=O)(=O)NC2CCCCC2NCCCc2ccccc2)cc1. The lowest BCUT2D eigenvalue weighted by Gasteiger charge is -2.32. The molecule has 0 aromatic heterocycles. The van der Waals surface area contributed by atoms with Crippen LogP contribution in [-0.2, 0) is 16.4 Å². The minimum absolute atomic E-state index is 0.0400. The first kappa shape index (κ1) is 20.1. The molecule has 0 heterocycles. The van der Waals surface area contributed by atoms with Gasteiger partial charge in [-0.15, -0.1) is 0 Å². The summed E-state index contributed by atoms with van der Waals surface area (Å²) >= 11 is 0. The second-order valence-corrected chi connectivity index (χ2v) is 9.19. The maximum atomic E-state index is 12.7. The maximum Gasteiger partial charge on any atom is 0.240 e. The van der Waals surface area contributed by atoms with Gasteiger partial charge in [-0.25, -0.2) is 13.1 Å². The van der Waals surface area contributed by atoms with Crippen LogP contribution >= 0.6 is 0 Å². The van der Waals surface area contributed by atoms with Gasteiger partial charge in [-0.05, 0) is 56.8 Å². The fourth-order valence-corrected chi connectivity index (χ4v) is 5.04. The third-order valence-electron chi connectivity index (χ3n) is 5.30. The van der Waals surface area contributed by atoms with Crippen LogP contribution in [0.15, 0.2) is 59.5 Å². The molecule has 0 saturated heterocycles. The Bertz CT molecular complexity index is 804. The predicted octanol–water partition coefficient (Wildman–Crippen LogP) is 3.81. The Labute approximate surface area is 163 Å². The Hall–Kier alpha value is -1.69. The van der Waals surface area contributed by atoms with Gasteiger partial charge in [0.25, 0.3) is 0 Å². The zero-order valence-electron chi connectivity index (χ0n) is 16.0. The fourth-order valence-electron chi connectivity index (χ4n) is 3.73. The molecule has 1 fully saturated rings. The van der Waals surface area contributed by atoms with Gasteiger partial charge in [0.15, 0.2) is 0 Å². The molecule has 2 aromatic carbocycles. The normalized spacial score (nSPS) is 20.5. The summed E-state index contributed by atoms with van der Waals surface area (Å²) in [5, 5.41) is 3.60. The van der Waals surface area contributed by atoms with Crippen LogP contribution in [0.5, 0.6) is 0 Å². The molecule has 0 spiro atoms. The minimum Gasteiger partial charge on any atom is -0.312 e. The molecule has 0 amide bonds. The summed E-state index contributed by atoms with van der Waals surface area (Å²) in [6.45, 7) is 2.86. The number of hydrogen-bond donors (Lipinski definition) is 2. The predicted molar refractivity (Wildman–Crippen MR) is 110 cm³/mol. The highest BCUT2D eigenvalue weighted by atomic mass is 32.2. The van der Waals surface area contributed by atoms with Crippen LogP contribution in [0.2, 0.25) is 0 Å². The summed E-state index contributed by atoms with van der Waals surface area (Å²) in [5.41, 5.74) is 2.41. The Morgan fingerprint density at radius 1 is 0.926 bits per heavy atom. The van der Waals surface area contributed by atoms with Gasteiger partial charge in [0, 0.05) is 12.1 Å². The fraction of sp³-hybridized carbons (Fsp3) is 0.455. The summed E-state index contributed by atoms with van der Waals surface area (Å²) < 4.78 is 28.4. The highest BCUT2D eigenvalue weighted by molar-refractivity contribution is 7.89. The first-order chi connectivity index (χ1) is 13.0. The lowest BCUT2D eigenvalue weighted by molar-refractivity contribution is 0.309. The van der Waals surface area contributed by atoms with Gasteiger partial charge < -0.3 is 5.32 Å². The second-order valence-electron chi connectivity index (χ2n) is 7.48. The topological polar surface area (TPSA) is 58.2 Å². The van der Waals surface area contributed by atoms with Gasteiger partial charge in [-0.2, -0.15) is 0 Å². The van der Waals surface area contributed by atoms with Crippen LogP contribution in [-0.4, -0.2) is 27.0 Å². The molecule has 0 aliphatic heterocycles. The van der Waals surface area contributed by atoms with Crippen molar-refractivity contribution < 1.29 is 8.42 Å². The third-order valence-corrected chi connectivity index (χ3v) is 6.80. The van der Waals surface area contributed by atoms with Crippen molar-refractivity contribution in [1.29, 1.82) is 0 Å². The van der Waals surface area contributed by atoms with Crippen molar-refractivity contribution in [3.05, 3.63) is 65.7 Å². The summed E-state index contributed by atoms with van der Waals surface area (Å²) in [6, 6.07) is 17.7. The van der Waals surface area contributed by atoms with Crippen LogP contribution in [0.1, 0.15) is 43.2 Å². The number of sulfonamides is 1. The zero-order valence-corrected chi connectivity index (χ0v) is 16.8. The van der Waals surface area contributed by atoms with Gasteiger partial charge in [0.05, 0.1) is 4.90 Å². The molecule has 2 atom stereocenters. The average Bonchev–Trinajstić information content (AvgIpc) is 2.67. The van der Waals surface area contributed by atoms with Gasteiger partial charge in [-0.1, -0.05) is 60.9 Å². The van der Waals surface area contributed by atoms with Crippen molar-refractivity contribution in [2.24, 2.45) is 0 Å². The number of nitrogens with one attached hydrogen (secondary N) is 2. The molecule has 27 heavy (non-hydrogen) atoms. The molecule has 146 valence electrons. The van der Waals surface area contributed by atoms with E-state index in [1.807, 2.05) is 25.1 Å². The molecule has 1 saturated carbocycles. The van der Waals surface area contributed by atoms with E-state index in [-0.39, 0.29) is 12.1 Å². The van der Waals surface area contributed by atoms with Gasteiger partial charge in [-0.3, -0.25) is 0 Å². The quantitative estimate of drug-likeness (QED) is 0.679. The van der Waals surface area contributed by atoms with Crippen molar-refractivity contribution in [3.8, 4) is 0 Å². The summed E-state index contributed by atoms with van der Waals surface area (Å²) in [6.07, 6.45) is 6.23. The molecule has 5 heteroatoms. The number of benzene rings is 2. The number of aryl methyl sites for hydroxylation is 2. The summed E-state index contributed by atoms with van der Waals surface area (Å²) in [5.74, 6) is 0. The van der Waals surface area contributed by atoms with Crippen LogP contribution in [0.4, 0.5) is 0 Å². The smallest absolute Gasteiger partial charge is 0.240 e. The van der Waals surface area contributed by atoms with Crippen molar-refractivity contribution in [2.75, 3.05) is 6.54 Å². The largest absolute Gasteiger partial charge is 0.312 e.